The van der Waals surface area contributed by atoms with Crippen LogP contribution in [-0.4, -0.2) is 5.33 Å². The normalized spacial score (nSPS) is 10.9. The van der Waals surface area contributed by atoms with E-state index in [0.29, 0.717) is 10.0 Å². The molecule has 0 saturated carbocycles. The first kappa shape index (κ1) is 10.1. The fourth-order valence-corrected chi connectivity index (χ4v) is 1.47. The molecule has 0 spiro atoms. The molecule has 0 amide bonds. The minimum absolute atomic E-state index is 0.663. The zero-order valence-corrected chi connectivity index (χ0v) is 9.33. The SMILES string of the molecule is Clc1ccc(/C=C/CBr)c(Cl)c1. The fourth-order valence-electron chi connectivity index (χ4n) is 0.808. The van der Waals surface area contributed by atoms with Crippen molar-refractivity contribution in [3.8, 4) is 0 Å². The van der Waals surface area contributed by atoms with Crippen LogP contribution in [0.3, 0.4) is 0 Å². The third kappa shape index (κ3) is 2.81. The first-order chi connectivity index (χ1) is 5.74. The molecule has 0 fully saturated rings. The van der Waals surface area contributed by atoms with Gasteiger partial charge < -0.3 is 0 Å². The first-order valence-electron chi connectivity index (χ1n) is 3.41. The van der Waals surface area contributed by atoms with Crippen molar-refractivity contribution in [1.82, 2.24) is 0 Å². The fraction of sp³-hybridized carbons (Fsp3) is 0.111. The van der Waals surface area contributed by atoms with Crippen LogP contribution in [-0.2, 0) is 0 Å². The van der Waals surface area contributed by atoms with E-state index in [-0.39, 0.29) is 0 Å². The van der Waals surface area contributed by atoms with Crippen LogP contribution in [0.5, 0.6) is 0 Å². The van der Waals surface area contributed by atoms with E-state index in [2.05, 4.69) is 15.9 Å². The number of hydrogen-bond donors (Lipinski definition) is 0. The predicted octanol–water partition coefficient (Wildman–Crippen LogP) is 4.40. The van der Waals surface area contributed by atoms with Crippen LogP contribution >= 0.6 is 39.1 Å². The van der Waals surface area contributed by atoms with Gasteiger partial charge in [0.05, 0.1) is 0 Å². The Balaban J connectivity index is 2.94. The first-order valence-corrected chi connectivity index (χ1v) is 5.29. The Hall–Kier alpha value is 0.0200. The largest absolute Gasteiger partial charge is 0.0883 e. The summed E-state index contributed by atoms with van der Waals surface area (Å²) in [6, 6.07) is 5.45. The van der Waals surface area contributed by atoms with Crippen molar-refractivity contribution in [2.24, 2.45) is 0 Å². The van der Waals surface area contributed by atoms with Gasteiger partial charge in [-0.25, -0.2) is 0 Å². The Morgan fingerprint density at radius 2 is 2.08 bits per heavy atom. The molecule has 0 atom stereocenters. The molecule has 0 saturated heterocycles. The summed E-state index contributed by atoms with van der Waals surface area (Å²) in [4.78, 5) is 0. The van der Waals surface area contributed by atoms with Crippen LogP contribution in [0.1, 0.15) is 5.56 Å². The molecule has 0 aromatic heterocycles. The van der Waals surface area contributed by atoms with Crippen LogP contribution < -0.4 is 0 Å². The van der Waals surface area contributed by atoms with Gasteiger partial charge in [-0.05, 0) is 17.7 Å². The Bertz CT molecular complexity index is 295. The van der Waals surface area contributed by atoms with Gasteiger partial charge in [-0.3, -0.25) is 0 Å². The molecule has 0 unspecified atom stereocenters. The second-order valence-corrected chi connectivity index (χ2v) is 3.71. The summed E-state index contributed by atoms with van der Waals surface area (Å²) in [6.45, 7) is 0. The minimum Gasteiger partial charge on any atom is -0.0883 e. The molecule has 0 aliphatic carbocycles. The molecule has 12 heavy (non-hydrogen) atoms. The Morgan fingerprint density at radius 3 is 2.67 bits per heavy atom. The molecule has 0 N–H and O–H groups in total. The van der Waals surface area contributed by atoms with E-state index in [0.717, 1.165) is 10.9 Å². The highest BCUT2D eigenvalue weighted by molar-refractivity contribution is 9.09. The molecule has 1 aromatic rings. The van der Waals surface area contributed by atoms with Crippen LogP contribution in [0.2, 0.25) is 10.0 Å². The highest BCUT2D eigenvalue weighted by Gasteiger charge is 1.95. The summed E-state index contributed by atoms with van der Waals surface area (Å²) < 4.78 is 0. The molecule has 3 heteroatoms. The summed E-state index contributed by atoms with van der Waals surface area (Å²) in [5, 5.41) is 2.17. The maximum Gasteiger partial charge on any atom is 0.0493 e. The molecule has 0 aliphatic heterocycles. The van der Waals surface area contributed by atoms with Crippen molar-refractivity contribution < 1.29 is 0 Å². The molecule has 0 radical (unpaired) electrons. The number of benzene rings is 1. The summed E-state index contributed by atoms with van der Waals surface area (Å²) in [5.74, 6) is 0. The van der Waals surface area contributed by atoms with Crippen molar-refractivity contribution >= 4 is 45.2 Å². The Morgan fingerprint density at radius 1 is 1.33 bits per heavy atom. The van der Waals surface area contributed by atoms with Gasteiger partial charge >= 0.3 is 0 Å². The van der Waals surface area contributed by atoms with Crippen LogP contribution in [0.4, 0.5) is 0 Å². The number of rotatable bonds is 2. The maximum atomic E-state index is 5.91. The van der Waals surface area contributed by atoms with Gasteiger partial charge in [0.15, 0.2) is 0 Å². The lowest BCUT2D eigenvalue weighted by atomic mass is 10.2. The number of hydrogen-bond acceptors (Lipinski definition) is 0. The van der Waals surface area contributed by atoms with Crippen molar-refractivity contribution in [3.63, 3.8) is 0 Å². The van der Waals surface area contributed by atoms with Crippen LogP contribution in [0, 0.1) is 0 Å². The smallest absolute Gasteiger partial charge is 0.0493 e. The van der Waals surface area contributed by atoms with Gasteiger partial charge in [-0.2, -0.15) is 0 Å². The Labute approximate surface area is 90.3 Å². The summed E-state index contributed by atoms with van der Waals surface area (Å²) in [6.07, 6.45) is 3.93. The van der Waals surface area contributed by atoms with E-state index >= 15 is 0 Å². The molecule has 0 nitrogen and oxygen atoms in total. The zero-order chi connectivity index (χ0) is 8.97. The lowest BCUT2D eigenvalue weighted by Gasteiger charge is -1.97. The molecular weight excluding hydrogens is 259 g/mol. The summed E-state index contributed by atoms with van der Waals surface area (Å²) >= 11 is 14.9. The molecular formula is C9H7BrCl2. The predicted molar refractivity (Wildman–Crippen MR) is 59.3 cm³/mol. The highest BCUT2D eigenvalue weighted by atomic mass is 79.9. The van der Waals surface area contributed by atoms with E-state index < -0.39 is 0 Å². The quantitative estimate of drug-likeness (QED) is 0.696. The maximum absolute atomic E-state index is 5.91. The van der Waals surface area contributed by atoms with Crippen molar-refractivity contribution in [3.05, 3.63) is 39.9 Å². The topological polar surface area (TPSA) is 0 Å². The summed E-state index contributed by atoms with van der Waals surface area (Å²) in [5.41, 5.74) is 0.987. The molecule has 1 rings (SSSR count). The van der Waals surface area contributed by atoms with Gasteiger partial charge in [0, 0.05) is 15.4 Å². The average Bonchev–Trinajstić information content (AvgIpc) is 2.03. The average molecular weight is 266 g/mol. The van der Waals surface area contributed by atoms with E-state index in [1.165, 1.54) is 0 Å². The lowest BCUT2D eigenvalue weighted by molar-refractivity contribution is 1.64. The standard InChI is InChI=1S/C9H7BrCl2/c10-5-1-2-7-3-4-8(11)6-9(7)12/h1-4,6H,5H2/b2-1+. The van der Waals surface area contributed by atoms with E-state index in [1.54, 1.807) is 6.07 Å². The number of allylic oxidation sites excluding steroid dienone is 1. The second kappa shape index (κ2) is 4.90. The van der Waals surface area contributed by atoms with Gasteiger partial charge in [0.2, 0.25) is 0 Å². The highest BCUT2D eigenvalue weighted by Crippen LogP contribution is 2.21. The molecule has 0 heterocycles. The van der Waals surface area contributed by atoms with E-state index in [4.69, 9.17) is 23.2 Å². The minimum atomic E-state index is 0.663. The van der Waals surface area contributed by atoms with Crippen LogP contribution in [0.25, 0.3) is 6.08 Å². The van der Waals surface area contributed by atoms with E-state index in [9.17, 15) is 0 Å². The molecule has 0 bridgehead atoms. The van der Waals surface area contributed by atoms with E-state index in [1.807, 2.05) is 24.3 Å². The molecule has 1 aromatic carbocycles. The molecule has 64 valence electrons. The monoisotopic (exact) mass is 264 g/mol. The van der Waals surface area contributed by atoms with Gasteiger partial charge in [-0.15, -0.1) is 0 Å². The second-order valence-electron chi connectivity index (χ2n) is 2.22. The number of halogens is 3. The van der Waals surface area contributed by atoms with Crippen molar-refractivity contribution in [2.45, 2.75) is 0 Å². The van der Waals surface area contributed by atoms with Crippen molar-refractivity contribution in [1.29, 1.82) is 0 Å². The number of alkyl halides is 1. The zero-order valence-electron chi connectivity index (χ0n) is 6.23. The van der Waals surface area contributed by atoms with Crippen molar-refractivity contribution in [2.75, 3.05) is 5.33 Å². The van der Waals surface area contributed by atoms with Gasteiger partial charge in [0.25, 0.3) is 0 Å². The van der Waals surface area contributed by atoms with Gasteiger partial charge in [-0.1, -0.05) is 57.4 Å². The Kier molecular flexibility index (Phi) is 4.13. The molecule has 0 aliphatic rings. The van der Waals surface area contributed by atoms with Crippen LogP contribution in [0.15, 0.2) is 24.3 Å². The summed E-state index contributed by atoms with van der Waals surface area (Å²) in [7, 11) is 0. The lowest BCUT2D eigenvalue weighted by Crippen LogP contribution is -1.74. The third-order valence-corrected chi connectivity index (χ3v) is 2.29. The third-order valence-electron chi connectivity index (χ3n) is 1.35. The van der Waals surface area contributed by atoms with Gasteiger partial charge in [0.1, 0.15) is 0 Å².